The molecule has 3 aromatic rings. The zero-order chi connectivity index (χ0) is 42.5. The Balaban J connectivity index is 1.53. The number of hydrogen-bond acceptors (Lipinski definition) is 8. The van der Waals surface area contributed by atoms with Gasteiger partial charge in [0, 0.05) is 47.3 Å². The standard InChI is InChI=1S/C48H80N7OSi2/c1-15-17-30-54(38-34-45(3,4)52(11)46(5,6)35-38)42-49-43(55(31-18-16-2)39-36-47(7,8)53(12)48(9,10)37-39)51-44(50-42)56-32-25-33-58(14,41-28-23-20-24-29-41)57(13)40-26-21-19-22-27-40/h19-24,26-29,38-39H,15-18,25,30-37H2,1-14H3. The van der Waals surface area contributed by atoms with Crippen molar-refractivity contribution in [3.63, 3.8) is 0 Å². The van der Waals surface area contributed by atoms with Gasteiger partial charge in [0.05, 0.1) is 22.5 Å². The molecular formula is C48H80N7OSi2. The van der Waals surface area contributed by atoms with Gasteiger partial charge in [-0.05, 0) is 114 Å². The molecule has 2 aliphatic heterocycles. The molecule has 3 heterocycles. The number of ether oxygens (including phenoxy) is 1. The molecule has 1 unspecified atom stereocenters. The van der Waals surface area contributed by atoms with Crippen LogP contribution in [0.4, 0.5) is 11.9 Å². The Labute approximate surface area is 357 Å². The maximum atomic E-state index is 6.79. The van der Waals surface area contributed by atoms with Crippen molar-refractivity contribution in [3.05, 3.63) is 60.7 Å². The average molecular weight is 827 g/mol. The summed E-state index contributed by atoms with van der Waals surface area (Å²) in [5.41, 5.74) is 0.163. The minimum Gasteiger partial charge on any atom is -0.463 e. The van der Waals surface area contributed by atoms with Crippen LogP contribution in [0.15, 0.2) is 60.7 Å². The van der Waals surface area contributed by atoms with Crippen molar-refractivity contribution in [2.45, 2.75) is 180 Å². The second kappa shape index (κ2) is 18.9. The zero-order valence-electron chi connectivity index (χ0n) is 39.2. The van der Waals surface area contributed by atoms with Crippen LogP contribution in [0.3, 0.4) is 0 Å². The molecule has 0 amide bonds. The van der Waals surface area contributed by atoms with E-state index >= 15 is 0 Å². The Morgan fingerprint density at radius 1 is 0.655 bits per heavy atom. The van der Waals surface area contributed by atoms with E-state index in [2.05, 4.69) is 177 Å². The fraction of sp³-hybridized carbons (Fsp3) is 0.688. The number of unbranched alkanes of at least 4 members (excludes halogenated alkanes) is 2. The molecule has 5 rings (SSSR count). The van der Waals surface area contributed by atoms with E-state index in [1.54, 1.807) is 5.19 Å². The first-order valence-electron chi connectivity index (χ1n) is 22.6. The van der Waals surface area contributed by atoms with Gasteiger partial charge in [-0.1, -0.05) is 117 Å². The largest absolute Gasteiger partial charge is 0.463 e. The number of piperidine rings is 2. The third-order valence-electron chi connectivity index (χ3n) is 14.6. The molecule has 0 spiro atoms. The summed E-state index contributed by atoms with van der Waals surface area (Å²) in [4.78, 5) is 26.3. The van der Waals surface area contributed by atoms with Crippen LogP contribution in [0.5, 0.6) is 6.01 Å². The number of hydrogen-bond donors (Lipinski definition) is 0. The SMILES string of the molecule is CCCCN(c1nc(OCCC[Si](C)(c2ccccc2)[Si](C)c2ccccc2)nc(N(CCCC)C2CC(C)(C)N(C)C(C)(C)C2)n1)C1CC(C)(C)N(C)C(C)(C)C1. The molecular weight excluding hydrogens is 747 g/mol. The lowest BCUT2D eigenvalue weighted by atomic mass is 9.77. The van der Waals surface area contributed by atoms with E-state index in [1.807, 2.05) is 0 Å². The monoisotopic (exact) mass is 827 g/mol. The van der Waals surface area contributed by atoms with Gasteiger partial charge in [-0.25, -0.2) is 0 Å². The summed E-state index contributed by atoms with van der Waals surface area (Å²) in [6, 6.07) is 24.8. The number of anilines is 2. The molecule has 0 aliphatic carbocycles. The van der Waals surface area contributed by atoms with Crippen molar-refractivity contribution < 1.29 is 4.74 Å². The van der Waals surface area contributed by atoms with E-state index in [1.165, 1.54) is 5.19 Å². The van der Waals surface area contributed by atoms with Crippen molar-refractivity contribution in [1.29, 1.82) is 0 Å². The second-order valence-corrected chi connectivity index (χ2v) is 31.6. The first-order valence-corrected chi connectivity index (χ1v) is 28.3. The molecule has 2 aromatic carbocycles. The molecule has 0 bridgehead atoms. The molecule has 58 heavy (non-hydrogen) atoms. The Morgan fingerprint density at radius 2 is 1.07 bits per heavy atom. The highest BCUT2D eigenvalue weighted by Gasteiger charge is 2.47. The van der Waals surface area contributed by atoms with Crippen LogP contribution >= 0.6 is 0 Å². The zero-order valence-corrected chi connectivity index (χ0v) is 41.2. The minimum atomic E-state index is -1.86. The smallest absolute Gasteiger partial charge is 0.323 e. The van der Waals surface area contributed by atoms with E-state index in [-0.39, 0.29) is 22.2 Å². The molecule has 8 nitrogen and oxygen atoms in total. The number of aromatic nitrogens is 3. The highest BCUT2D eigenvalue weighted by atomic mass is 29.2. The summed E-state index contributed by atoms with van der Waals surface area (Å²) < 4.78 is 6.79. The van der Waals surface area contributed by atoms with Crippen LogP contribution in [-0.4, -0.2) is 109 Å². The van der Waals surface area contributed by atoms with Gasteiger partial charge in [-0.2, -0.15) is 15.0 Å². The van der Waals surface area contributed by atoms with E-state index < -0.39 is 15.9 Å². The highest BCUT2D eigenvalue weighted by molar-refractivity contribution is 7.42. The lowest BCUT2D eigenvalue weighted by molar-refractivity contribution is -0.0130. The van der Waals surface area contributed by atoms with E-state index in [4.69, 9.17) is 19.7 Å². The number of rotatable bonds is 18. The summed E-state index contributed by atoms with van der Waals surface area (Å²) in [7, 11) is 1.93. The molecule has 1 aromatic heterocycles. The van der Waals surface area contributed by atoms with E-state index in [0.717, 1.165) is 88.8 Å². The quantitative estimate of drug-likeness (QED) is 0.0930. The van der Waals surface area contributed by atoms with Crippen LogP contribution in [0.1, 0.15) is 127 Å². The molecule has 0 N–H and O–H groups in total. The fourth-order valence-electron chi connectivity index (χ4n) is 10.2. The summed E-state index contributed by atoms with van der Waals surface area (Å²) in [5, 5.41) is 3.07. The van der Waals surface area contributed by atoms with E-state index in [0.29, 0.717) is 24.7 Å². The third kappa shape index (κ3) is 10.6. The predicted octanol–water partition coefficient (Wildman–Crippen LogP) is 9.25. The molecule has 2 fully saturated rings. The first-order chi connectivity index (χ1) is 27.3. The Bertz CT molecular complexity index is 1630. The maximum Gasteiger partial charge on any atom is 0.323 e. The van der Waals surface area contributed by atoms with Crippen molar-refractivity contribution in [2.24, 2.45) is 0 Å². The van der Waals surface area contributed by atoms with Crippen molar-refractivity contribution in [2.75, 3.05) is 43.6 Å². The van der Waals surface area contributed by atoms with Crippen molar-refractivity contribution >= 4 is 38.2 Å². The Kier molecular flexibility index (Phi) is 15.0. The molecule has 2 aliphatic rings. The van der Waals surface area contributed by atoms with Crippen molar-refractivity contribution in [3.8, 4) is 6.01 Å². The molecule has 2 saturated heterocycles. The van der Waals surface area contributed by atoms with Crippen LogP contribution in [0.25, 0.3) is 0 Å². The van der Waals surface area contributed by atoms with Gasteiger partial charge < -0.3 is 14.5 Å². The van der Waals surface area contributed by atoms with Crippen LogP contribution in [-0.2, 0) is 0 Å². The summed E-state index contributed by atoms with van der Waals surface area (Å²) in [5.74, 6) is 1.57. The molecule has 321 valence electrons. The highest BCUT2D eigenvalue weighted by Crippen LogP contribution is 2.42. The molecule has 0 saturated carbocycles. The third-order valence-corrected chi connectivity index (χ3v) is 27.8. The molecule has 1 atom stereocenters. The van der Waals surface area contributed by atoms with Gasteiger partial charge in [0.1, 0.15) is 0 Å². The normalized spacial score (nSPS) is 20.8. The van der Waals surface area contributed by atoms with Crippen LogP contribution in [0.2, 0.25) is 19.1 Å². The van der Waals surface area contributed by atoms with Crippen LogP contribution < -0.4 is 24.9 Å². The van der Waals surface area contributed by atoms with Gasteiger partial charge >= 0.3 is 6.01 Å². The van der Waals surface area contributed by atoms with E-state index in [9.17, 15) is 0 Å². The van der Waals surface area contributed by atoms with Gasteiger partial charge in [0.25, 0.3) is 0 Å². The summed E-state index contributed by atoms with van der Waals surface area (Å²) >= 11 is 0. The first kappa shape index (κ1) is 46.3. The average Bonchev–Trinajstić information content (AvgIpc) is 3.18. The maximum absolute atomic E-state index is 6.79. The Morgan fingerprint density at radius 3 is 1.48 bits per heavy atom. The summed E-state index contributed by atoms with van der Waals surface area (Å²) in [6.07, 6.45) is 9.59. The molecule has 1 radical (unpaired) electrons. The predicted molar refractivity (Wildman–Crippen MR) is 253 cm³/mol. The number of likely N-dealkylation sites (tertiary alicyclic amines) is 2. The lowest BCUT2D eigenvalue weighted by Crippen LogP contribution is -2.63. The van der Waals surface area contributed by atoms with Gasteiger partial charge in [0.15, 0.2) is 0 Å². The summed E-state index contributed by atoms with van der Waals surface area (Å²) in [6.45, 7) is 31.3. The van der Waals surface area contributed by atoms with Gasteiger partial charge in [-0.3, -0.25) is 9.80 Å². The minimum absolute atomic E-state index is 0.0408. The lowest BCUT2D eigenvalue weighted by Gasteiger charge is -2.56. The second-order valence-electron chi connectivity index (χ2n) is 20.4. The van der Waals surface area contributed by atoms with Crippen molar-refractivity contribution in [1.82, 2.24) is 24.8 Å². The van der Waals surface area contributed by atoms with Crippen LogP contribution in [0, 0.1) is 0 Å². The van der Waals surface area contributed by atoms with Gasteiger partial charge in [-0.15, -0.1) is 0 Å². The Hall–Kier alpha value is -2.80. The number of benzene rings is 2. The van der Waals surface area contributed by atoms with Gasteiger partial charge in [0.2, 0.25) is 11.9 Å². The number of nitrogens with zero attached hydrogens (tertiary/aromatic N) is 7. The molecule has 10 heteroatoms. The topological polar surface area (TPSA) is 60.9 Å². The fourth-order valence-corrected chi connectivity index (χ4v) is 20.3.